The van der Waals surface area contributed by atoms with E-state index in [-0.39, 0.29) is 0 Å². The first-order valence-corrected chi connectivity index (χ1v) is 8.20. The molecule has 7 nitrogen and oxygen atoms in total. The van der Waals surface area contributed by atoms with Crippen molar-refractivity contribution in [2.75, 3.05) is 20.8 Å². The van der Waals surface area contributed by atoms with Gasteiger partial charge in [-0.25, -0.2) is 19.4 Å². The molecule has 0 saturated heterocycles. The van der Waals surface area contributed by atoms with E-state index < -0.39 is 24.0 Å². The molecule has 2 unspecified atom stereocenters. The number of hydrogen-bond donors (Lipinski definition) is 0. The molecule has 0 spiro atoms. The molecular formula is C18H26O7. The van der Waals surface area contributed by atoms with Gasteiger partial charge >= 0.3 is 11.9 Å². The lowest BCUT2D eigenvalue weighted by Gasteiger charge is -2.25. The molecular weight excluding hydrogens is 328 g/mol. The van der Waals surface area contributed by atoms with Crippen LogP contribution in [0.2, 0.25) is 0 Å². The Morgan fingerprint density at radius 3 is 2.16 bits per heavy atom. The van der Waals surface area contributed by atoms with E-state index >= 15 is 0 Å². The number of hydrogen-bond acceptors (Lipinski definition) is 7. The average Bonchev–Trinajstić information content (AvgIpc) is 2.61. The molecule has 0 aliphatic heterocycles. The van der Waals surface area contributed by atoms with Gasteiger partial charge in [-0.05, 0) is 30.7 Å². The third-order valence-corrected chi connectivity index (χ3v) is 3.55. The summed E-state index contributed by atoms with van der Waals surface area (Å²) in [7, 11) is 3.16. The van der Waals surface area contributed by atoms with Crippen LogP contribution in [0.15, 0.2) is 24.3 Å². The first-order chi connectivity index (χ1) is 12.0. The van der Waals surface area contributed by atoms with Crippen molar-refractivity contribution in [3.63, 3.8) is 0 Å². The van der Waals surface area contributed by atoms with E-state index in [0.29, 0.717) is 30.9 Å². The van der Waals surface area contributed by atoms with Gasteiger partial charge in [-0.3, -0.25) is 0 Å². The highest BCUT2D eigenvalue weighted by Gasteiger charge is 2.32. The van der Waals surface area contributed by atoms with Gasteiger partial charge in [-0.1, -0.05) is 13.3 Å². The maximum atomic E-state index is 12.3. The van der Waals surface area contributed by atoms with Gasteiger partial charge < -0.3 is 14.2 Å². The van der Waals surface area contributed by atoms with Gasteiger partial charge in [0.2, 0.25) is 0 Å². The number of rotatable bonds is 10. The van der Waals surface area contributed by atoms with Crippen LogP contribution in [-0.4, -0.2) is 38.9 Å². The van der Waals surface area contributed by atoms with Crippen molar-refractivity contribution in [2.45, 2.75) is 39.2 Å². The number of carbonyl (C=O) groups is 2. The van der Waals surface area contributed by atoms with Gasteiger partial charge in [0, 0.05) is 27.1 Å². The zero-order valence-corrected chi connectivity index (χ0v) is 15.2. The van der Waals surface area contributed by atoms with Gasteiger partial charge in [0.1, 0.15) is 17.6 Å². The van der Waals surface area contributed by atoms with E-state index in [1.807, 2.05) is 6.92 Å². The molecule has 0 N–H and O–H groups in total. The second-order valence-corrected chi connectivity index (χ2v) is 5.49. The summed E-state index contributed by atoms with van der Waals surface area (Å²) in [6.07, 6.45) is 1.29. The fourth-order valence-corrected chi connectivity index (χ4v) is 2.33. The third-order valence-electron chi connectivity index (χ3n) is 3.55. The summed E-state index contributed by atoms with van der Waals surface area (Å²) in [4.78, 5) is 32.2. The molecule has 0 aromatic heterocycles. The molecule has 0 bridgehead atoms. The summed E-state index contributed by atoms with van der Waals surface area (Å²) in [6.45, 7) is 3.53. The molecule has 1 rings (SSSR count). The molecule has 140 valence electrons. The van der Waals surface area contributed by atoms with Gasteiger partial charge in [-0.2, -0.15) is 0 Å². The Balaban J connectivity index is 2.88. The molecule has 0 aliphatic rings. The standard InChI is InChI=1S/C18H26O7/c1-5-6-16(18(20)25-24-13(2)19)17(11-12-21-3)23-15-9-7-14(22-4)8-10-15/h7-10,16-17H,5-6,11-12H2,1-4H3. The zero-order chi connectivity index (χ0) is 18.7. The molecule has 0 fully saturated rings. The number of carbonyl (C=O) groups excluding carboxylic acids is 2. The monoisotopic (exact) mass is 354 g/mol. The van der Waals surface area contributed by atoms with Crippen LogP contribution in [0.3, 0.4) is 0 Å². The molecule has 0 saturated carbocycles. The zero-order valence-electron chi connectivity index (χ0n) is 15.2. The average molecular weight is 354 g/mol. The van der Waals surface area contributed by atoms with Crippen LogP contribution in [0, 0.1) is 5.92 Å². The molecule has 0 amide bonds. The van der Waals surface area contributed by atoms with Crippen molar-refractivity contribution >= 4 is 11.9 Å². The molecule has 25 heavy (non-hydrogen) atoms. The normalized spacial score (nSPS) is 12.8. The minimum Gasteiger partial charge on any atom is -0.497 e. The fourth-order valence-electron chi connectivity index (χ4n) is 2.33. The van der Waals surface area contributed by atoms with E-state index in [1.165, 1.54) is 6.92 Å². The summed E-state index contributed by atoms with van der Waals surface area (Å²) in [5.41, 5.74) is 0. The number of ether oxygens (including phenoxy) is 3. The molecule has 0 aliphatic carbocycles. The highest BCUT2D eigenvalue weighted by atomic mass is 17.2. The molecule has 7 heteroatoms. The van der Waals surface area contributed by atoms with Gasteiger partial charge in [0.25, 0.3) is 0 Å². The predicted molar refractivity (Wildman–Crippen MR) is 90.2 cm³/mol. The van der Waals surface area contributed by atoms with Crippen molar-refractivity contribution < 1.29 is 33.6 Å². The Labute approximate surface area is 148 Å². The van der Waals surface area contributed by atoms with Crippen molar-refractivity contribution in [3.8, 4) is 11.5 Å². The molecule has 0 radical (unpaired) electrons. The highest BCUT2D eigenvalue weighted by molar-refractivity contribution is 5.74. The summed E-state index contributed by atoms with van der Waals surface area (Å²) in [6, 6.07) is 7.07. The minimum atomic E-state index is -0.687. The minimum absolute atomic E-state index is 0.419. The predicted octanol–water partition coefficient (Wildman–Crippen LogP) is 2.92. The Morgan fingerprint density at radius 2 is 1.64 bits per heavy atom. The summed E-state index contributed by atoms with van der Waals surface area (Å²) in [5, 5.41) is 0. The van der Waals surface area contributed by atoms with Crippen molar-refractivity contribution in [1.82, 2.24) is 0 Å². The summed E-state index contributed by atoms with van der Waals surface area (Å²) in [5.74, 6) is -0.593. The first kappa shape index (κ1) is 20.8. The van der Waals surface area contributed by atoms with E-state index in [0.717, 1.165) is 6.42 Å². The third kappa shape index (κ3) is 7.43. The van der Waals surface area contributed by atoms with Crippen molar-refractivity contribution in [3.05, 3.63) is 24.3 Å². The second kappa shape index (κ2) is 11.3. The van der Waals surface area contributed by atoms with Crippen LogP contribution in [-0.2, 0) is 24.1 Å². The Morgan fingerprint density at radius 1 is 1.00 bits per heavy atom. The van der Waals surface area contributed by atoms with E-state index in [1.54, 1.807) is 38.5 Å². The number of methoxy groups -OCH3 is 2. The molecule has 1 aromatic rings. The number of benzene rings is 1. The van der Waals surface area contributed by atoms with Crippen LogP contribution in [0.25, 0.3) is 0 Å². The van der Waals surface area contributed by atoms with E-state index in [9.17, 15) is 9.59 Å². The fraction of sp³-hybridized carbons (Fsp3) is 0.556. The van der Waals surface area contributed by atoms with E-state index in [4.69, 9.17) is 14.2 Å². The lowest BCUT2D eigenvalue weighted by Crippen LogP contribution is -2.35. The Bertz CT molecular complexity index is 527. The van der Waals surface area contributed by atoms with Crippen LogP contribution >= 0.6 is 0 Å². The van der Waals surface area contributed by atoms with E-state index in [2.05, 4.69) is 9.78 Å². The largest absolute Gasteiger partial charge is 0.497 e. The summed E-state index contributed by atoms with van der Waals surface area (Å²) >= 11 is 0. The van der Waals surface area contributed by atoms with Crippen molar-refractivity contribution in [1.29, 1.82) is 0 Å². The van der Waals surface area contributed by atoms with Crippen molar-refractivity contribution in [2.24, 2.45) is 5.92 Å². The quantitative estimate of drug-likeness (QED) is 0.472. The first-order valence-electron chi connectivity index (χ1n) is 8.20. The highest BCUT2D eigenvalue weighted by Crippen LogP contribution is 2.25. The SMILES string of the molecule is CCCC(C(=O)OOC(C)=O)C(CCOC)Oc1ccc(OC)cc1. The lowest BCUT2D eigenvalue weighted by atomic mass is 9.95. The second-order valence-electron chi connectivity index (χ2n) is 5.49. The maximum absolute atomic E-state index is 12.3. The van der Waals surface area contributed by atoms with Crippen LogP contribution < -0.4 is 9.47 Å². The van der Waals surface area contributed by atoms with Crippen LogP contribution in [0.5, 0.6) is 11.5 Å². The van der Waals surface area contributed by atoms with Gasteiger partial charge in [0.15, 0.2) is 0 Å². The van der Waals surface area contributed by atoms with Gasteiger partial charge in [-0.15, -0.1) is 0 Å². The Kier molecular flexibility index (Phi) is 9.39. The Hall–Kier alpha value is -2.28. The maximum Gasteiger partial charge on any atom is 0.362 e. The smallest absolute Gasteiger partial charge is 0.362 e. The molecule has 0 heterocycles. The van der Waals surface area contributed by atoms with Crippen LogP contribution in [0.1, 0.15) is 33.1 Å². The summed E-state index contributed by atoms with van der Waals surface area (Å²) < 4.78 is 16.2. The topological polar surface area (TPSA) is 80.3 Å². The lowest BCUT2D eigenvalue weighted by molar-refractivity contribution is -0.262. The molecule has 1 aromatic carbocycles. The van der Waals surface area contributed by atoms with Crippen LogP contribution in [0.4, 0.5) is 0 Å². The molecule has 2 atom stereocenters. The van der Waals surface area contributed by atoms with Gasteiger partial charge in [0.05, 0.1) is 13.0 Å².